The zero-order valence-electron chi connectivity index (χ0n) is 22.8. The first kappa shape index (κ1) is 24.2. The van der Waals surface area contributed by atoms with Crippen LogP contribution >= 0.6 is 0 Å². The van der Waals surface area contributed by atoms with Gasteiger partial charge in [0.1, 0.15) is 0 Å². The topological polar surface area (TPSA) is 38.7 Å². The van der Waals surface area contributed by atoms with E-state index in [0.29, 0.717) is 5.82 Å². The largest absolute Gasteiger partial charge is 0.264 e. The summed E-state index contributed by atoms with van der Waals surface area (Å²) in [6.45, 7) is 0. The number of hydrogen-bond donors (Lipinski definition) is 0. The van der Waals surface area contributed by atoms with E-state index >= 15 is 0 Å². The SMILES string of the molecule is c1ccc2cc(-c3cc(-c4ccc5ccccc5c4)nc(-c4ccc(-c5cccc6cnccc56)cc4)n3)ccc2c1. The van der Waals surface area contributed by atoms with E-state index in [1.807, 2.05) is 12.4 Å². The maximum absolute atomic E-state index is 5.10. The smallest absolute Gasteiger partial charge is 0.160 e. The lowest BCUT2D eigenvalue weighted by Crippen LogP contribution is -1.96. The Balaban J connectivity index is 1.27. The van der Waals surface area contributed by atoms with Crippen molar-refractivity contribution in [2.45, 2.75) is 0 Å². The molecule has 42 heavy (non-hydrogen) atoms. The van der Waals surface area contributed by atoms with Crippen LogP contribution in [0.2, 0.25) is 0 Å². The highest BCUT2D eigenvalue weighted by Gasteiger charge is 2.13. The van der Waals surface area contributed by atoms with Gasteiger partial charge in [-0.05, 0) is 62.3 Å². The van der Waals surface area contributed by atoms with E-state index < -0.39 is 0 Å². The van der Waals surface area contributed by atoms with Crippen molar-refractivity contribution in [3.8, 4) is 45.0 Å². The quantitative estimate of drug-likeness (QED) is 0.225. The molecule has 0 aliphatic rings. The van der Waals surface area contributed by atoms with Gasteiger partial charge in [0.15, 0.2) is 5.82 Å². The number of benzene rings is 6. The number of hydrogen-bond acceptors (Lipinski definition) is 3. The summed E-state index contributed by atoms with van der Waals surface area (Å²) in [6, 6.07) is 49.0. The minimum absolute atomic E-state index is 0.706. The standard InChI is InChI=1S/C39H25N3/c1-3-8-30-22-32(18-12-26(30)6-1)37-24-38(33-19-13-27-7-2-4-9-31(27)23-33)42-39(41-37)29-16-14-28(15-17-29)35-11-5-10-34-25-40-21-20-36(34)35/h1-25H. The summed E-state index contributed by atoms with van der Waals surface area (Å²) in [4.78, 5) is 14.5. The van der Waals surface area contributed by atoms with E-state index in [1.165, 1.54) is 32.5 Å². The van der Waals surface area contributed by atoms with Crippen molar-refractivity contribution in [3.63, 3.8) is 0 Å². The molecule has 0 fully saturated rings. The molecule has 0 amide bonds. The zero-order chi connectivity index (χ0) is 27.9. The molecule has 2 heterocycles. The van der Waals surface area contributed by atoms with Crippen molar-refractivity contribution in [3.05, 3.63) is 152 Å². The summed E-state index contributed by atoms with van der Waals surface area (Å²) in [5, 5.41) is 7.13. The molecule has 3 heteroatoms. The second kappa shape index (κ2) is 10.1. The van der Waals surface area contributed by atoms with Gasteiger partial charge in [0, 0.05) is 34.5 Å². The summed E-state index contributed by atoms with van der Waals surface area (Å²) < 4.78 is 0. The molecule has 8 rings (SSSR count). The van der Waals surface area contributed by atoms with Gasteiger partial charge in [0.05, 0.1) is 11.4 Å². The minimum Gasteiger partial charge on any atom is -0.264 e. The Kier molecular flexibility index (Phi) is 5.79. The average molecular weight is 536 g/mol. The lowest BCUT2D eigenvalue weighted by molar-refractivity contribution is 1.18. The van der Waals surface area contributed by atoms with Crippen molar-refractivity contribution < 1.29 is 0 Å². The third-order valence-corrected chi connectivity index (χ3v) is 7.95. The molecule has 3 nitrogen and oxygen atoms in total. The molecule has 0 aliphatic carbocycles. The highest BCUT2D eigenvalue weighted by atomic mass is 14.9. The molecule has 0 aliphatic heterocycles. The van der Waals surface area contributed by atoms with Crippen LogP contribution in [0.4, 0.5) is 0 Å². The number of aromatic nitrogens is 3. The van der Waals surface area contributed by atoms with Crippen molar-refractivity contribution >= 4 is 32.3 Å². The van der Waals surface area contributed by atoms with Crippen molar-refractivity contribution in [2.24, 2.45) is 0 Å². The fourth-order valence-corrected chi connectivity index (χ4v) is 5.74. The maximum atomic E-state index is 5.10. The first-order valence-electron chi connectivity index (χ1n) is 14.1. The van der Waals surface area contributed by atoms with Crippen molar-refractivity contribution in [1.29, 1.82) is 0 Å². The predicted molar refractivity (Wildman–Crippen MR) is 174 cm³/mol. The van der Waals surface area contributed by atoms with E-state index in [2.05, 4.69) is 145 Å². The molecule has 0 N–H and O–H groups in total. The highest BCUT2D eigenvalue weighted by molar-refractivity contribution is 5.96. The number of pyridine rings is 1. The molecular weight excluding hydrogens is 510 g/mol. The lowest BCUT2D eigenvalue weighted by Gasteiger charge is -2.12. The second-order valence-electron chi connectivity index (χ2n) is 10.6. The van der Waals surface area contributed by atoms with E-state index in [9.17, 15) is 0 Å². The Morgan fingerprint density at radius 1 is 0.381 bits per heavy atom. The van der Waals surface area contributed by atoms with Gasteiger partial charge in [-0.1, -0.05) is 115 Å². The highest BCUT2D eigenvalue weighted by Crippen LogP contribution is 2.33. The number of rotatable bonds is 4. The van der Waals surface area contributed by atoms with Crippen LogP contribution in [-0.4, -0.2) is 15.0 Å². The van der Waals surface area contributed by atoms with Gasteiger partial charge in [-0.25, -0.2) is 9.97 Å². The van der Waals surface area contributed by atoms with Crippen molar-refractivity contribution in [2.75, 3.05) is 0 Å². The van der Waals surface area contributed by atoms with Crippen LogP contribution in [0.15, 0.2) is 152 Å². The molecule has 8 aromatic rings. The molecule has 0 saturated heterocycles. The van der Waals surface area contributed by atoms with Gasteiger partial charge < -0.3 is 0 Å². The van der Waals surface area contributed by atoms with E-state index in [-0.39, 0.29) is 0 Å². The zero-order valence-corrected chi connectivity index (χ0v) is 22.8. The fraction of sp³-hybridized carbons (Fsp3) is 0. The summed E-state index contributed by atoms with van der Waals surface area (Å²) in [5.41, 5.74) is 7.25. The molecule has 0 atom stereocenters. The molecule has 2 aromatic heterocycles. The first-order valence-corrected chi connectivity index (χ1v) is 14.1. The monoisotopic (exact) mass is 535 g/mol. The van der Waals surface area contributed by atoms with Crippen LogP contribution < -0.4 is 0 Å². The Hall–Kier alpha value is -5.67. The van der Waals surface area contributed by atoms with Crippen LogP contribution in [0, 0.1) is 0 Å². The molecule has 6 aromatic carbocycles. The Morgan fingerprint density at radius 2 is 0.929 bits per heavy atom. The van der Waals surface area contributed by atoms with Gasteiger partial charge in [-0.2, -0.15) is 0 Å². The summed E-state index contributed by atoms with van der Waals surface area (Å²) in [5.74, 6) is 0.706. The van der Waals surface area contributed by atoms with Crippen LogP contribution in [0.5, 0.6) is 0 Å². The predicted octanol–water partition coefficient (Wildman–Crippen LogP) is 10.00. The maximum Gasteiger partial charge on any atom is 0.160 e. The van der Waals surface area contributed by atoms with Crippen LogP contribution in [0.1, 0.15) is 0 Å². The Labute approximate surface area is 243 Å². The Bertz CT molecular complexity index is 2150. The number of nitrogens with zero attached hydrogens (tertiary/aromatic N) is 3. The second-order valence-corrected chi connectivity index (χ2v) is 10.6. The molecule has 0 spiro atoms. The van der Waals surface area contributed by atoms with Gasteiger partial charge in [-0.3, -0.25) is 4.98 Å². The van der Waals surface area contributed by atoms with Gasteiger partial charge in [0.2, 0.25) is 0 Å². The molecule has 196 valence electrons. The van der Waals surface area contributed by atoms with Crippen molar-refractivity contribution in [1.82, 2.24) is 15.0 Å². The lowest BCUT2D eigenvalue weighted by atomic mass is 9.98. The van der Waals surface area contributed by atoms with E-state index in [0.717, 1.165) is 39.0 Å². The van der Waals surface area contributed by atoms with Gasteiger partial charge in [0.25, 0.3) is 0 Å². The minimum atomic E-state index is 0.706. The summed E-state index contributed by atoms with van der Waals surface area (Å²) >= 11 is 0. The first-order chi connectivity index (χ1) is 20.8. The van der Waals surface area contributed by atoms with Crippen LogP contribution in [0.25, 0.3) is 77.3 Å². The normalized spacial score (nSPS) is 11.3. The third-order valence-electron chi connectivity index (χ3n) is 7.95. The number of fused-ring (bicyclic) bond motifs is 3. The van der Waals surface area contributed by atoms with Crippen LogP contribution in [0.3, 0.4) is 0 Å². The van der Waals surface area contributed by atoms with Gasteiger partial charge >= 0.3 is 0 Å². The Morgan fingerprint density at radius 3 is 1.57 bits per heavy atom. The molecule has 0 unspecified atom stereocenters. The average Bonchev–Trinajstić information content (AvgIpc) is 3.07. The summed E-state index contributed by atoms with van der Waals surface area (Å²) in [7, 11) is 0. The molecular formula is C39H25N3. The third kappa shape index (κ3) is 4.38. The van der Waals surface area contributed by atoms with Gasteiger partial charge in [-0.15, -0.1) is 0 Å². The van der Waals surface area contributed by atoms with Crippen LogP contribution in [-0.2, 0) is 0 Å². The van der Waals surface area contributed by atoms with E-state index in [4.69, 9.17) is 9.97 Å². The fourth-order valence-electron chi connectivity index (χ4n) is 5.74. The molecule has 0 radical (unpaired) electrons. The molecule has 0 bridgehead atoms. The molecule has 0 saturated carbocycles. The summed E-state index contributed by atoms with van der Waals surface area (Å²) in [6.07, 6.45) is 3.76. The van der Waals surface area contributed by atoms with E-state index in [1.54, 1.807) is 0 Å².